The molecule has 1 aliphatic rings. The third kappa shape index (κ3) is 3.24. The summed E-state index contributed by atoms with van der Waals surface area (Å²) in [7, 11) is 0. The van der Waals surface area contributed by atoms with Crippen molar-refractivity contribution in [1.82, 2.24) is 14.9 Å². The predicted molar refractivity (Wildman–Crippen MR) is 104 cm³/mol. The number of aryl methyl sites for hydroxylation is 3. The Hall–Kier alpha value is -2.62. The summed E-state index contributed by atoms with van der Waals surface area (Å²) >= 11 is 0. The number of hydrogen-bond acceptors (Lipinski definition) is 2. The Morgan fingerprint density at radius 2 is 2.08 bits per heavy atom. The van der Waals surface area contributed by atoms with Crippen molar-refractivity contribution < 1.29 is 4.79 Å². The second-order valence-electron chi connectivity index (χ2n) is 7.52. The van der Waals surface area contributed by atoms with Crippen LogP contribution in [-0.4, -0.2) is 26.8 Å². The lowest BCUT2D eigenvalue weighted by atomic mass is 10.0. The number of carbonyl (C=O) groups is 1. The molecule has 0 saturated heterocycles. The van der Waals surface area contributed by atoms with Crippen LogP contribution in [0.4, 0.5) is 0 Å². The summed E-state index contributed by atoms with van der Waals surface area (Å²) in [6, 6.07) is 8.73. The van der Waals surface area contributed by atoms with Crippen LogP contribution in [0.3, 0.4) is 0 Å². The Labute approximate surface area is 154 Å². The van der Waals surface area contributed by atoms with Gasteiger partial charge in [0.05, 0.1) is 6.42 Å². The molecule has 0 radical (unpaired) electrons. The summed E-state index contributed by atoms with van der Waals surface area (Å²) in [5.41, 5.74) is 6.94. The van der Waals surface area contributed by atoms with Gasteiger partial charge in [-0.15, -0.1) is 0 Å². The van der Waals surface area contributed by atoms with Gasteiger partial charge in [0.25, 0.3) is 0 Å². The molecule has 2 heterocycles. The third-order valence-corrected chi connectivity index (χ3v) is 5.28. The van der Waals surface area contributed by atoms with Crippen LogP contribution in [0.5, 0.6) is 0 Å². The van der Waals surface area contributed by atoms with E-state index in [4.69, 9.17) is 0 Å². The van der Waals surface area contributed by atoms with Gasteiger partial charge in [-0.1, -0.05) is 17.7 Å². The molecule has 4 nitrogen and oxygen atoms in total. The first kappa shape index (κ1) is 16.8. The molecule has 1 amide bonds. The Balaban J connectivity index is 1.62. The van der Waals surface area contributed by atoms with E-state index in [1.165, 1.54) is 16.5 Å². The molecule has 26 heavy (non-hydrogen) atoms. The van der Waals surface area contributed by atoms with Gasteiger partial charge in [-0.05, 0) is 62.4 Å². The number of aromatic nitrogens is 2. The fourth-order valence-corrected chi connectivity index (χ4v) is 3.81. The highest BCUT2D eigenvalue weighted by atomic mass is 16.2. The number of nitrogens with one attached hydrogen (secondary N) is 1. The minimum Gasteiger partial charge on any atom is -0.358 e. The van der Waals surface area contributed by atoms with Gasteiger partial charge in [-0.3, -0.25) is 9.78 Å². The summed E-state index contributed by atoms with van der Waals surface area (Å²) < 4.78 is 0. The zero-order valence-electron chi connectivity index (χ0n) is 15.7. The average Bonchev–Trinajstić information content (AvgIpc) is 3.40. The zero-order valence-corrected chi connectivity index (χ0v) is 15.7. The van der Waals surface area contributed by atoms with Gasteiger partial charge in [0, 0.05) is 41.6 Å². The highest BCUT2D eigenvalue weighted by Gasteiger charge is 2.33. The number of nitrogens with zero attached hydrogens (tertiary/aromatic N) is 2. The molecule has 0 unspecified atom stereocenters. The number of fused-ring (bicyclic) bond motifs is 1. The fourth-order valence-electron chi connectivity index (χ4n) is 3.81. The molecule has 0 aliphatic heterocycles. The monoisotopic (exact) mass is 347 g/mol. The van der Waals surface area contributed by atoms with Crippen molar-refractivity contribution in [3.8, 4) is 0 Å². The first-order valence-electron chi connectivity index (χ1n) is 9.29. The van der Waals surface area contributed by atoms with Gasteiger partial charge < -0.3 is 9.88 Å². The van der Waals surface area contributed by atoms with Crippen LogP contribution in [0.2, 0.25) is 0 Å². The molecule has 3 aromatic rings. The lowest BCUT2D eigenvalue weighted by molar-refractivity contribution is -0.131. The molecule has 1 aliphatic carbocycles. The van der Waals surface area contributed by atoms with Crippen LogP contribution >= 0.6 is 0 Å². The van der Waals surface area contributed by atoms with E-state index in [-0.39, 0.29) is 5.91 Å². The molecule has 0 spiro atoms. The minimum atomic E-state index is 0.208. The summed E-state index contributed by atoms with van der Waals surface area (Å²) in [5, 5.41) is 1.19. The van der Waals surface area contributed by atoms with E-state index in [1.54, 1.807) is 6.20 Å². The van der Waals surface area contributed by atoms with Crippen LogP contribution in [0, 0.1) is 20.8 Å². The van der Waals surface area contributed by atoms with Gasteiger partial charge in [-0.25, -0.2) is 0 Å². The largest absolute Gasteiger partial charge is 0.358 e. The van der Waals surface area contributed by atoms with Crippen molar-refractivity contribution in [1.29, 1.82) is 0 Å². The van der Waals surface area contributed by atoms with Crippen molar-refractivity contribution in [3.05, 3.63) is 64.6 Å². The first-order valence-corrected chi connectivity index (χ1v) is 9.29. The number of pyridine rings is 1. The lowest BCUT2D eigenvalue weighted by Crippen LogP contribution is -2.34. The highest BCUT2D eigenvalue weighted by Crippen LogP contribution is 2.31. The molecule has 1 fully saturated rings. The number of amides is 1. The summed E-state index contributed by atoms with van der Waals surface area (Å²) in [4.78, 5) is 22.9. The molecule has 4 rings (SSSR count). The van der Waals surface area contributed by atoms with Crippen LogP contribution in [0.25, 0.3) is 10.9 Å². The van der Waals surface area contributed by atoms with Gasteiger partial charge in [0.2, 0.25) is 5.91 Å². The number of rotatable bonds is 5. The lowest BCUT2D eigenvalue weighted by Gasteiger charge is -2.22. The van der Waals surface area contributed by atoms with Gasteiger partial charge in [0.1, 0.15) is 0 Å². The molecular formula is C22H25N3O. The Morgan fingerprint density at radius 3 is 2.77 bits per heavy atom. The molecular weight excluding hydrogens is 322 g/mol. The van der Waals surface area contributed by atoms with Crippen molar-refractivity contribution >= 4 is 16.8 Å². The van der Waals surface area contributed by atoms with Crippen LogP contribution in [0.15, 0.2) is 36.7 Å². The maximum atomic E-state index is 13.2. The van der Waals surface area contributed by atoms with E-state index in [9.17, 15) is 4.79 Å². The molecule has 1 saturated carbocycles. The standard InChI is InChI=1S/C22H25N3O/c1-14-9-15(2)22-20(10-14)19(16(3)24-22)11-21(26)25(18-6-7-18)13-17-5-4-8-23-12-17/h4-5,8-10,12,18,24H,6-7,11,13H2,1-3H3. The topological polar surface area (TPSA) is 49.0 Å². The third-order valence-electron chi connectivity index (χ3n) is 5.28. The van der Waals surface area contributed by atoms with Crippen LogP contribution < -0.4 is 0 Å². The molecule has 2 aromatic heterocycles. The summed E-state index contributed by atoms with van der Waals surface area (Å²) in [6.07, 6.45) is 6.29. The number of H-pyrrole nitrogens is 1. The smallest absolute Gasteiger partial charge is 0.227 e. The first-order chi connectivity index (χ1) is 12.5. The maximum Gasteiger partial charge on any atom is 0.227 e. The van der Waals surface area contributed by atoms with E-state index >= 15 is 0 Å². The molecule has 1 N–H and O–H groups in total. The molecule has 134 valence electrons. The maximum absolute atomic E-state index is 13.2. The fraction of sp³-hybridized carbons (Fsp3) is 0.364. The van der Waals surface area contributed by atoms with Crippen molar-refractivity contribution in [2.45, 2.75) is 52.6 Å². The predicted octanol–water partition coefficient (Wildman–Crippen LogP) is 4.22. The number of carbonyl (C=O) groups excluding carboxylic acids is 1. The van der Waals surface area contributed by atoms with Gasteiger partial charge in [0.15, 0.2) is 0 Å². The highest BCUT2D eigenvalue weighted by molar-refractivity contribution is 5.92. The molecule has 4 heteroatoms. The molecule has 1 aromatic carbocycles. The zero-order chi connectivity index (χ0) is 18.3. The van der Waals surface area contributed by atoms with Crippen molar-refractivity contribution in [3.63, 3.8) is 0 Å². The van der Waals surface area contributed by atoms with Crippen LogP contribution in [0.1, 0.15) is 40.8 Å². The molecule has 0 atom stereocenters. The quantitative estimate of drug-likeness (QED) is 0.751. The van der Waals surface area contributed by atoms with Gasteiger partial charge >= 0.3 is 0 Å². The number of hydrogen-bond donors (Lipinski definition) is 1. The average molecular weight is 347 g/mol. The van der Waals surface area contributed by atoms with E-state index < -0.39 is 0 Å². The Bertz CT molecular complexity index is 954. The van der Waals surface area contributed by atoms with Crippen LogP contribution in [-0.2, 0) is 17.8 Å². The number of benzene rings is 1. The summed E-state index contributed by atoms with van der Waals surface area (Å²) in [6.45, 7) is 6.95. The van der Waals surface area contributed by atoms with E-state index in [0.717, 1.165) is 35.2 Å². The van der Waals surface area contributed by atoms with E-state index in [2.05, 4.69) is 42.9 Å². The Morgan fingerprint density at radius 1 is 1.27 bits per heavy atom. The van der Waals surface area contributed by atoms with Crippen molar-refractivity contribution in [2.24, 2.45) is 0 Å². The van der Waals surface area contributed by atoms with E-state index in [0.29, 0.717) is 19.0 Å². The second kappa shape index (κ2) is 6.60. The van der Waals surface area contributed by atoms with Gasteiger partial charge in [-0.2, -0.15) is 0 Å². The van der Waals surface area contributed by atoms with E-state index in [1.807, 2.05) is 23.2 Å². The SMILES string of the molecule is Cc1cc(C)c2[nH]c(C)c(CC(=O)N(Cc3cccnc3)C3CC3)c2c1. The molecule has 0 bridgehead atoms. The van der Waals surface area contributed by atoms with Crippen molar-refractivity contribution in [2.75, 3.05) is 0 Å². The number of aromatic amines is 1. The second-order valence-corrected chi connectivity index (χ2v) is 7.52. The normalized spacial score (nSPS) is 14.0. The minimum absolute atomic E-state index is 0.208. The Kier molecular flexibility index (Phi) is 4.27. The summed E-state index contributed by atoms with van der Waals surface area (Å²) in [5.74, 6) is 0.208.